The highest BCUT2D eigenvalue weighted by Crippen LogP contribution is 2.06. The van der Waals surface area contributed by atoms with Gasteiger partial charge in [-0.05, 0) is 12.8 Å². The zero-order chi connectivity index (χ0) is 16.6. The fourth-order valence-corrected chi connectivity index (χ4v) is 0.965. The molecule has 0 fully saturated rings. The van der Waals surface area contributed by atoms with Crippen LogP contribution in [0.3, 0.4) is 0 Å². The molecular formula is C9H22N2O6S3. The van der Waals surface area contributed by atoms with Crippen LogP contribution in [0.1, 0.15) is 39.5 Å². The third-order valence-corrected chi connectivity index (χ3v) is 1.74. The SMILES string of the molecule is CCCCC(CC)ONC(=O)S.NC(=O)S.O=S(O)O. The minimum absolute atomic E-state index is 0.126. The van der Waals surface area contributed by atoms with Crippen LogP contribution in [0.25, 0.3) is 0 Å². The topological polar surface area (TPSA) is 139 Å². The van der Waals surface area contributed by atoms with Crippen molar-refractivity contribution in [3.8, 4) is 0 Å². The van der Waals surface area contributed by atoms with Gasteiger partial charge in [-0.2, -0.15) is 4.21 Å². The number of hydroxylamine groups is 1. The van der Waals surface area contributed by atoms with Gasteiger partial charge in [0.25, 0.3) is 21.8 Å². The fourth-order valence-electron chi connectivity index (χ4n) is 0.912. The monoisotopic (exact) mass is 350 g/mol. The lowest BCUT2D eigenvalue weighted by molar-refractivity contribution is -0.00550. The van der Waals surface area contributed by atoms with E-state index in [-0.39, 0.29) is 6.10 Å². The van der Waals surface area contributed by atoms with E-state index in [0.717, 1.165) is 25.7 Å². The van der Waals surface area contributed by atoms with Crippen molar-refractivity contribution in [3.05, 3.63) is 0 Å². The van der Waals surface area contributed by atoms with Crippen LogP contribution in [0, 0.1) is 0 Å². The Balaban J connectivity index is -0.000000297. The molecule has 0 radical (unpaired) electrons. The summed E-state index contributed by atoms with van der Waals surface area (Å²) in [5.74, 6) is 0. The van der Waals surface area contributed by atoms with Crippen LogP contribution in [0.4, 0.5) is 9.59 Å². The van der Waals surface area contributed by atoms with E-state index in [1.165, 1.54) is 0 Å². The van der Waals surface area contributed by atoms with E-state index in [4.69, 9.17) is 22.9 Å². The normalized spacial score (nSPS) is 10.6. The van der Waals surface area contributed by atoms with Gasteiger partial charge in [0.1, 0.15) is 0 Å². The Morgan fingerprint density at radius 2 is 1.75 bits per heavy atom. The Bertz CT molecular complexity index is 260. The average Bonchev–Trinajstić information content (AvgIpc) is 2.27. The first-order valence-electron chi connectivity index (χ1n) is 5.60. The Morgan fingerprint density at radius 1 is 1.35 bits per heavy atom. The van der Waals surface area contributed by atoms with Gasteiger partial charge in [0.2, 0.25) is 0 Å². The highest BCUT2D eigenvalue weighted by Gasteiger charge is 2.06. The molecule has 0 aliphatic carbocycles. The van der Waals surface area contributed by atoms with Crippen LogP contribution >= 0.6 is 25.3 Å². The van der Waals surface area contributed by atoms with Crippen LogP contribution in [-0.2, 0) is 16.2 Å². The number of nitrogens with one attached hydrogen (secondary N) is 1. The lowest BCUT2D eigenvalue weighted by atomic mass is 10.1. The van der Waals surface area contributed by atoms with E-state index in [1.54, 1.807) is 0 Å². The van der Waals surface area contributed by atoms with Crippen molar-refractivity contribution >= 4 is 47.1 Å². The molecule has 0 heterocycles. The number of hydrogen-bond acceptors (Lipinski definition) is 4. The van der Waals surface area contributed by atoms with Crippen LogP contribution < -0.4 is 11.2 Å². The summed E-state index contributed by atoms with van der Waals surface area (Å²) in [6, 6.07) is 0. The van der Waals surface area contributed by atoms with Crippen LogP contribution in [-0.4, -0.2) is 29.9 Å². The van der Waals surface area contributed by atoms with E-state index in [1.807, 2.05) is 6.92 Å². The molecule has 0 bridgehead atoms. The number of amides is 2. The molecule has 122 valence electrons. The van der Waals surface area contributed by atoms with E-state index in [2.05, 4.69) is 43.4 Å². The van der Waals surface area contributed by atoms with Gasteiger partial charge in [0, 0.05) is 0 Å². The Morgan fingerprint density at radius 3 is 2.00 bits per heavy atom. The molecule has 0 aromatic heterocycles. The molecule has 20 heavy (non-hydrogen) atoms. The summed E-state index contributed by atoms with van der Waals surface area (Å²) in [5, 5.41) is -1.08. The van der Waals surface area contributed by atoms with Crippen molar-refractivity contribution in [2.75, 3.05) is 0 Å². The molecule has 1 atom stereocenters. The van der Waals surface area contributed by atoms with Crippen molar-refractivity contribution in [1.29, 1.82) is 0 Å². The number of carbonyl (C=O) groups excluding carboxylic acids is 2. The molecule has 0 aliphatic rings. The average molecular weight is 350 g/mol. The van der Waals surface area contributed by atoms with Crippen LogP contribution in [0.15, 0.2) is 0 Å². The number of carbonyl (C=O) groups is 2. The van der Waals surface area contributed by atoms with Crippen molar-refractivity contribution < 1.29 is 27.7 Å². The largest absolute Gasteiger partial charge is 0.361 e. The summed E-state index contributed by atoms with van der Waals surface area (Å²) in [4.78, 5) is 24.5. The Kier molecular flexibility index (Phi) is 23.0. The number of thiol groups is 2. The van der Waals surface area contributed by atoms with Gasteiger partial charge in [-0.3, -0.25) is 23.5 Å². The number of unbranched alkanes of at least 4 members (excludes halogenated alkanes) is 1. The maximum absolute atomic E-state index is 10.4. The first kappa shape index (κ1) is 24.7. The summed E-state index contributed by atoms with van der Waals surface area (Å²) in [6.45, 7) is 4.16. The highest BCUT2D eigenvalue weighted by atomic mass is 32.2. The van der Waals surface area contributed by atoms with Crippen LogP contribution in [0.2, 0.25) is 0 Å². The maximum Gasteiger partial charge on any atom is 0.299 e. The highest BCUT2D eigenvalue weighted by molar-refractivity contribution is 7.96. The summed E-state index contributed by atoms with van der Waals surface area (Å²) in [6.07, 6.45) is 4.30. The lowest BCUT2D eigenvalue weighted by Gasteiger charge is -2.13. The van der Waals surface area contributed by atoms with E-state index in [0.29, 0.717) is 0 Å². The third-order valence-electron chi connectivity index (χ3n) is 1.65. The number of hydrogen-bond donors (Lipinski definition) is 6. The lowest BCUT2D eigenvalue weighted by Crippen LogP contribution is -2.25. The first-order valence-corrected chi connectivity index (χ1v) is 7.55. The molecule has 0 rings (SSSR count). The Labute approximate surface area is 132 Å². The maximum atomic E-state index is 10.4. The molecular weight excluding hydrogens is 328 g/mol. The molecule has 0 aliphatic heterocycles. The summed E-state index contributed by atoms with van der Waals surface area (Å²) >= 11 is 4.02. The summed E-state index contributed by atoms with van der Waals surface area (Å²) in [7, 11) is 0. The summed E-state index contributed by atoms with van der Waals surface area (Å²) < 4.78 is 22.8. The van der Waals surface area contributed by atoms with Gasteiger partial charge in [-0.25, -0.2) is 5.48 Å². The zero-order valence-corrected chi connectivity index (χ0v) is 13.9. The second-order valence-electron chi connectivity index (χ2n) is 3.27. The van der Waals surface area contributed by atoms with Crippen molar-refractivity contribution in [2.24, 2.45) is 5.73 Å². The van der Waals surface area contributed by atoms with Gasteiger partial charge in [-0.15, -0.1) is 0 Å². The van der Waals surface area contributed by atoms with Crippen molar-refractivity contribution in [2.45, 2.75) is 45.6 Å². The molecule has 0 spiro atoms. The quantitative estimate of drug-likeness (QED) is 0.247. The molecule has 0 saturated heterocycles. The molecule has 8 nitrogen and oxygen atoms in total. The molecule has 0 aromatic carbocycles. The molecule has 1 unspecified atom stereocenters. The van der Waals surface area contributed by atoms with Gasteiger partial charge in [0.05, 0.1) is 6.10 Å². The number of primary amides is 1. The molecule has 0 aromatic rings. The van der Waals surface area contributed by atoms with Crippen molar-refractivity contribution in [1.82, 2.24) is 5.48 Å². The summed E-state index contributed by atoms with van der Waals surface area (Å²) in [5.41, 5.74) is 6.57. The smallest absolute Gasteiger partial charge is 0.299 e. The third kappa shape index (κ3) is 43.1. The van der Waals surface area contributed by atoms with E-state index >= 15 is 0 Å². The predicted octanol–water partition coefficient (Wildman–Crippen LogP) is 2.20. The van der Waals surface area contributed by atoms with Gasteiger partial charge in [-0.1, -0.05) is 51.9 Å². The molecule has 11 heteroatoms. The molecule has 5 N–H and O–H groups in total. The second-order valence-corrected chi connectivity index (χ2v) is 4.57. The van der Waals surface area contributed by atoms with E-state index in [9.17, 15) is 4.79 Å². The second kappa shape index (κ2) is 18.7. The zero-order valence-electron chi connectivity index (χ0n) is 11.3. The number of rotatable bonds is 6. The van der Waals surface area contributed by atoms with Gasteiger partial charge >= 0.3 is 0 Å². The standard InChI is InChI=1S/C8H17NO2S.CH3NOS.H2O3S/c1-3-5-6-7(4-2)11-9-8(10)12;2-1(3)4;1-4(2)3/h7H,3-6H2,1-2H3,(H2,9,10,12);(H3,2,3,4);(H2,1,2,3). The van der Waals surface area contributed by atoms with Crippen molar-refractivity contribution in [3.63, 3.8) is 0 Å². The molecule has 0 saturated carbocycles. The van der Waals surface area contributed by atoms with E-state index < -0.39 is 21.8 Å². The van der Waals surface area contributed by atoms with Gasteiger partial charge in [0.15, 0.2) is 0 Å². The van der Waals surface area contributed by atoms with Gasteiger partial charge < -0.3 is 5.73 Å². The predicted molar refractivity (Wildman–Crippen MR) is 84.2 cm³/mol. The Hall–Kier alpha value is -0.330. The minimum atomic E-state index is -2.61. The fraction of sp³-hybridized carbons (Fsp3) is 0.778. The first-order chi connectivity index (χ1) is 9.17. The van der Waals surface area contributed by atoms with Crippen LogP contribution in [0.5, 0.6) is 0 Å². The molecule has 2 amide bonds. The minimum Gasteiger partial charge on any atom is -0.361 e. The number of nitrogens with two attached hydrogens (primary N) is 1.